The summed E-state index contributed by atoms with van der Waals surface area (Å²) >= 11 is 2.67. The molecule has 11 heavy (non-hydrogen) atoms. The van der Waals surface area contributed by atoms with Gasteiger partial charge in [-0.3, -0.25) is 4.79 Å². The minimum atomic E-state index is -4.31. The van der Waals surface area contributed by atoms with E-state index >= 15 is 0 Å². The zero-order valence-corrected chi connectivity index (χ0v) is 7.66. The number of ketones is 1. The fourth-order valence-electron chi connectivity index (χ4n) is 0.518. The molecule has 0 aliphatic rings. The molecule has 5 heteroatoms. The first-order valence-electron chi connectivity index (χ1n) is 2.98. The number of rotatable bonds is 2. The van der Waals surface area contributed by atoms with Gasteiger partial charge in [-0.05, 0) is 6.92 Å². The van der Waals surface area contributed by atoms with Crippen molar-refractivity contribution in [3.05, 3.63) is 0 Å². The monoisotopic (exact) mass is 232 g/mol. The van der Waals surface area contributed by atoms with Gasteiger partial charge in [0.15, 0.2) is 0 Å². The van der Waals surface area contributed by atoms with Gasteiger partial charge in [-0.15, -0.1) is 0 Å². The second kappa shape index (κ2) is 3.56. The van der Waals surface area contributed by atoms with Gasteiger partial charge < -0.3 is 0 Å². The van der Waals surface area contributed by atoms with E-state index in [1.54, 1.807) is 0 Å². The van der Waals surface area contributed by atoms with Crippen molar-refractivity contribution in [2.24, 2.45) is 5.92 Å². The Morgan fingerprint density at radius 1 is 1.45 bits per heavy atom. The Kier molecular flexibility index (Phi) is 3.54. The van der Waals surface area contributed by atoms with E-state index in [1.165, 1.54) is 0 Å². The molecular weight excluding hydrogens is 225 g/mol. The van der Waals surface area contributed by atoms with Gasteiger partial charge in [0.25, 0.3) is 0 Å². The fourth-order valence-corrected chi connectivity index (χ4v) is 0.818. The third-order valence-electron chi connectivity index (χ3n) is 1.34. The van der Waals surface area contributed by atoms with Crippen LogP contribution in [-0.4, -0.2) is 16.8 Å². The number of hydrogen-bond donors (Lipinski definition) is 0. The van der Waals surface area contributed by atoms with Crippen molar-refractivity contribution in [1.82, 2.24) is 0 Å². The number of Topliss-reactive ketones (excluding diaryl/α,β-unsaturated/α-hetero) is 1. The summed E-state index contributed by atoms with van der Waals surface area (Å²) in [6.07, 6.45) is -4.31. The number of carbonyl (C=O) groups excluding carboxylic acids is 1. The lowest BCUT2D eigenvalue weighted by atomic mass is 10.1. The third-order valence-corrected chi connectivity index (χ3v) is 2.78. The van der Waals surface area contributed by atoms with Gasteiger partial charge in [-0.25, -0.2) is 0 Å². The zero-order chi connectivity index (χ0) is 9.23. The molecule has 0 aliphatic carbocycles. The van der Waals surface area contributed by atoms with Crippen molar-refractivity contribution in [2.45, 2.75) is 24.9 Å². The predicted octanol–water partition coefficient (Wildman–Crippen LogP) is 2.54. The van der Waals surface area contributed by atoms with Crippen LogP contribution in [0.25, 0.3) is 0 Å². The van der Waals surface area contributed by atoms with Crippen molar-refractivity contribution >= 4 is 21.7 Å². The van der Waals surface area contributed by atoms with E-state index < -0.39 is 22.7 Å². The van der Waals surface area contributed by atoms with Gasteiger partial charge in [0.1, 0.15) is 5.78 Å². The molecule has 0 aromatic carbocycles. The summed E-state index contributed by atoms with van der Waals surface area (Å²) in [4.78, 5) is 9.36. The molecule has 0 amide bonds. The molecule has 0 saturated heterocycles. The van der Waals surface area contributed by atoms with Crippen LogP contribution in [0.3, 0.4) is 0 Å². The third kappa shape index (κ3) is 3.22. The maximum Gasteiger partial charge on any atom is 0.393 e. The van der Waals surface area contributed by atoms with E-state index in [-0.39, 0.29) is 0 Å². The van der Waals surface area contributed by atoms with E-state index in [2.05, 4.69) is 15.9 Å². The number of halogens is 4. The summed E-state index contributed by atoms with van der Waals surface area (Å²) in [6, 6.07) is 0. The Morgan fingerprint density at radius 2 is 1.82 bits per heavy atom. The molecule has 0 aromatic rings. The lowest BCUT2D eigenvalue weighted by molar-refractivity contribution is -0.171. The molecular formula is C6H8BrF3O. The molecule has 2 unspecified atom stereocenters. The van der Waals surface area contributed by atoms with Gasteiger partial charge in [0.05, 0.1) is 10.7 Å². The summed E-state index contributed by atoms with van der Waals surface area (Å²) in [5, 5.41) is 0. The fraction of sp³-hybridized carbons (Fsp3) is 0.833. The highest BCUT2D eigenvalue weighted by atomic mass is 79.9. The van der Waals surface area contributed by atoms with Crippen LogP contribution in [0, 0.1) is 5.92 Å². The highest BCUT2D eigenvalue weighted by Crippen LogP contribution is 2.31. The molecule has 2 atom stereocenters. The van der Waals surface area contributed by atoms with Crippen LogP contribution in [0.2, 0.25) is 0 Å². The van der Waals surface area contributed by atoms with Crippen LogP contribution < -0.4 is 0 Å². The molecule has 0 heterocycles. The molecule has 0 radical (unpaired) electrons. The van der Waals surface area contributed by atoms with Gasteiger partial charge in [0.2, 0.25) is 0 Å². The molecule has 0 rings (SSSR count). The summed E-state index contributed by atoms with van der Waals surface area (Å²) in [6.45, 7) is 2.10. The standard InChI is InChI=1S/C6H8BrF3O/c1-3(6(8,9)10)5(7)4(2)11/h3,5H,1-2H3. The van der Waals surface area contributed by atoms with Crippen molar-refractivity contribution in [3.63, 3.8) is 0 Å². The molecule has 0 spiro atoms. The van der Waals surface area contributed by atoms with Crippen LogP contribution in [0.1, 0.15) is 13.8 Å². The first-order valence-corrected chi connectivity index (χ1v) is 3.89. The molecule has 0 N–H and O–H groups in total. The highest BCUT2D eigenvalue weighted by molar-refractivity contribution is 9.10. The Bertz CT molecular complexity index is 154. The van der Waals surface area contributed by atoms with E-state index in [0.29, 0.717) is 0 Å². The summed E-state index contributed by atoms with van der Waals surface area (Å²) < 4.78 is 35.6. The second-order valence-electron chi connectivity index (χ2n) is 2.34. The Morgan fingerprint density at radius 3 is 1.91 bits per heavy atom. The lowest BCUT2D eigenvalue weighted by Gasteiger charge is -2.18. The maximum atomic E-state index is 11.9. The number of hydrogen-bond acceptors (Lipinski definition) is 1. The molecule has 1 nitrogen and oxygen atoms in total. The average Bonchev–Trinajstić information content (AvgIpc) is 1.82. The summed E-state index contributed by atoms with van der Waals surface area (Å²) in [7, 11) is 0. The van der Waals surface area contributed by atoms with E-state index in [1.807, 2.05) is 0 Å². The molecule has 0 aromatic heterocycles. The molecule has 0 saturated carbocycles. The van der Waals surface area contributed by atoms with Crippen molar-refractivity contribution in [2.75, 3.05) is 0 Å². The SMILES string of the molecule is CC(=O)C(Br)C(C)C(F)(F)F. The predicted molar refractivity (Wildman–Crippen MR) is 38.6 cm³/mol. The molecule has 0 bridgehead atoms. The Labute approximate surface area is 71.1 Å². The first kappa shape index (κ1) is 10.9. The highest BCUT2D eigenvalue weighted by Gasteiger charge is 2.41. The van der Waals surface area contributed by atoms with Gasteiger partial charge in [0, 0.05) is 0 Å². The van der Waals surface area contributed by atoms with Crippen LogP contribution >= 0.6 is 15.9 Å². The largest absolute Gasteiger partial charge is 0.393 e. The minimum absolute atomic E-state index is 0.505. The molecule has 66 valence electrons. The second-order valence-corrected chi connectivity index (χ2v) is 3.33. The normalized spacial score (nSPS) is 17.6. The maximum absolute atomic E-state index is 11.9. The minimum Gasteiger partial charge on any atom is -0.299 e. The number of alkyl halides is 4. The summed E-state index contributed by atoms with van der Waals surface area (Å²) in [5.41, 5.74) is 0. The lowest BCUT2D eigenvalue weighted by Crippen LogP contribution is -2.32. The van der Waals surface area contributed by atoms with Crippen molar-refractivity contribution < 1.29 is 18.0 Å². The van der Waals surface area contributed by atoms with Crippen molar-refractivity contribution in [3.8, 4) is 0 Å². The van der Waals surface area contributed by atoms with E-state index in [4.69, 9.17) is 0 Å². The first-order chi connectivity index (χ1) is 4.76. The van der Waals surface area contributed by atoms with Crippen molar-refractivity contribution in [1.29, 1.82) is 0 Å². The quantitative estimate of drug-likeness (QED) is 0.669. The van der Waals surface area contributed by atoms with Crippen LogP contribution in [-0.2, 0) is 4.79 Å². The molecule has 0 fully saturated rings. The van der Waals surface area contributed by atoms with Crippen LogP contribution in [0.4, 0.5) is 13.2 Å². The number of carbonyl (C=O) groups is 1. The zero-order valence-electron chi connectivity index (χ0n) is 6.07. The summed E-state index contributed by atoms with van der Waals surface area (Å²) in [5.74, 6) is -2.13. The average molecular weight is 233 g/mol. The van der Waals surface area contributed by atoms with E-state index in [9.17, 15) is 18.0 Å². The Balaban J connectivity index is 4.25. The topological polar surface area (TPSA) is 17.1 Å². The molecule has 0 aliphatic heterocycles. The Hall–Kier alpha value is -0.0600. The van der Waals surface area contributed by atoms with E-state index in [0.717, 1.165) is 13.8 Å². The van der Waals surface area contributed by atoms with Crippen LogP contribution in [0.5, 0.6) is 0 Å². The van der Waals surface area contributed by atoms with Gasteiger partial charge >= 0.3 is 6.18 Å². The smallest absolute Gasteiger partial charge is 0.299 e. The van der Waals surface area contributed by atoms with Gasteiger partial charge in [-0.1, -0.05) is 22.9 Å². The van der Waals surface area contributed by atoms with Gasteiger partial charge in [-0.2, -0.15) is 13.2 Å². The van der Waals surface area contributed by atoms with Crippen LogP contribution in [0.15, 0.2) is 0 Å².